The molecule has 0 N–H and O–H groups in total. The third-order valence-electron chi connectivity index (χ3n) is 4.65. The number of fused-ring (bicyclic) bond motifs is 1. The molecule has 0 atom stereocenters. The van der Waals surface area contributed by atoms with E-state index in [-0.39, 0.29) is 5.69 Å². The smallest absolute Gasteiger partial charge is 0.359 e. The Morgan fingerprint density at radius 1 is 1.10 bits per heavy atom. The summed E-state index contributed by atoms with van der Waals surface area (Å²) in [5.74, 6) is 0.236. The van der Waals surface area contributed by atoms with Gasteiger partial charge in [0, 0.05) is 20.1 Å². The van der Waals surface area contributed by atoms with Gasteiger partial charge in [-0.25, -0.2) is 9.48 Å². The van der Waals surface area contributed by atoms with Crippen LogP contribution in [0.1, 0.15) is 23.0 Å². The van der Waals surface area contributed by atoms with Gasteiger partial charge in [0.25, 0.3) is 0 Å². The summed E-state index contributed by atoms with van der Waals surface area (Å²) in [6.45, 7) is 10.5. The molecule has 0 aliphatic carbocycles. The summed E-state index contributed by atoms with van der Waals surface area (Å²) in [6.07, 6.45) is 0. The molecule has 2 aromatic carbocycles. The Morgan fingerprint density at radius 3 is 2.57 bits per heavy atom. The van der Waals surface area contributed by atoms with Crippen LogP contribution in [-0.2, 0) is 22.8 Å². The van der Waals surface area contributed by atoms with Crippen LogP contribution in [0.2, 0.25) is 25.7 Å². The van der Waals surface area contributed by atoms with E-state index >= 15 is 0 Å². The van der Waals surface area contributed by atoms with Crippen molar-refractivity contribution in [2.24, 2.45) is 0 Å². The largest absolute Gasteiger partial charge is 0.489 e. The van der Waals surface area contributed by atoms with Gasteiger partial charge in [-0.2, -0.15) is 5.10 Å². The van der Waals surface area contributed by atoms with E-state index in [4.69, 9.17) is 14.2 Å². The molecule has 0 spiro atoms. The van der Waals surface area contributed by atoms with Gasteiger partial charge in [-0.05, 0) is 36.7 Å². The van der Waals surface area contributed by atoms with Gasteiger partial charge in [0.2, 0.25) is 0 Å². The molecule has 1 aromatic heterocycles. The van der Waals surface area contributed by atoms with Crippen LogP contribution in [0.4, 0.5) is 0 Å². The molecular weight excluding hydrogens is 396 g/mol. The standard InChI is InChI=1S/C23H30N2O4Si/c1-5-28-23(26)22-20-15-19(29-16-18-9-7-6-8-10-18)11-12-21(20)25(24-22)17-27-13-14-30(2,3)4/h6-12,15H,5,13-14,16-17H2,1-4H3. The lowest BCUT2D eigenvalue weighted by molar-refractivity contribution is 0.0513. The molecule has 3 rings (SSSR count). The molecule has 0 saturated carbocycles. The molecule has 3 aromatic rings. The number of carbonyl (C=O) groups excluding carboxylic acids is 1. The fraction of sp³-hybridized carbons (Fsp3) is 0.391. The second-order valence-electron chi connectivity index (χ2n) is 8.37. The molecule has 1 heterocycles. The van der Waals surface area contributed by atoms with Crippen LogP contribution in [0, 0.1) is 0 Å². The van der Waals surface area contributed by atoms with Crippen molar-refractivity contribution in [3.63, 3.8) is 0 Å². The molecule has 6 nitrogen and oxygen atoms in total. The topological polar surface area (TPSA) is 62.6 Å². The van der Waals surface area contributed by atoms with Crippen molar-refractivity contribution in [1.82, 2.24) is 9.78 Å². The highest BCUT2D eigenvalue weighted by molar-refractivity contribution is 6.76. The van der Waals surface area contributed by atoms with Crippen LogP contribution in [0.3, 0.4) is 0 Å². The Kier molecular flexibility index (Phi) is 7.28. The molecule has 30 heavy (non-hydrogen) atoms. The van der Waals surface area contributed by atoms with Gasteiger partial charge in [-0.15, -0.1) is 0 Å². The maximum atomic E-state index is 12.4. The van der Waals surface area contributed by atoms with E-state index in [1.54, 1.807) is 11.6 Å². The first-order valence-electron chi connectivity index (χ1n) is 10.3. The first-order chi connectivity index (χ1) is 14.4. The van der Waals surface area contributed by atoms with Crippen molar-refractivity contribution in [1.29, 1.82) is 0 Å². The predicted molar refractivity (Wildman–Crippen MR) is 121 cm³/mol. The Bertz CT molecular complexity index is 980. The minimum Gasteiger partial charge on any atom is -0.489 e. The van der Waals surface area contributed by atoms with Crippen molar-refractivity contribution < 1.29 is 19.0 Å². The van der Waals surface area contributed by atoms with E-state index in [0.29, 0.717) is 37.7 Å². The van der Waals surface area contributed by atoms with Gasteiger partial charge in [0.05, 0.1) is 12.1 Å². The Labute approximate surface area is 178 Å². The number of hydrogen-bond donors (Lipinski definition) is 0. The van der Waals surface area contributed by atoms with E-state index in [2.05, 4.69) is 24.7 Å². The van der Waals surface area contributed by atoms with Crippen LogP contribution in [0.5, 0.6) is 5.75 Å². The molecule has 0 saturated heterocycles. The summed E-state index contributed by atoms with van der Waals surface area (Å²) < 4.78 is 18.7. The van der Waals surface area contributed by atoms with Crippen LogP contribution in [0.25, 0.3) is 10.9 Å². The zero-order chi connectivity index (χ0) is 21.6. The number of hydrogen-bond acceptors (Lipinski definition) is 5. The Hall–Kier alpha value is -2.64. The molecule has 7 heteroatoms. The van der Waals surface area contributed by atoms with Crippen LogP contribution in [-0.4, -0.2) is 37.0 Å². The van der Waals surface area contributed by atoms with E-state index in [0.717, 1.165) is 17.1 Å². The minimum absolute atomic E-state index is 0.283. The molecule has 160 valence electrons. The number of carbonyl (C=O) groups is 1. The third-order valence-corrected chi connectivity index (χ3v) is 6.35. The van der Waals surface area contributed by atoms with Gasteiger partial charge in [0.1, 0.15) is 19.1 Å². The van der Waals surface area contributed by atoms with Crippen molar-refractivity contribution in [3.8, 4) is 5.75 Å². The van der Waals surface area contributed by atoms with E-state index in [1.165, 1.54) is 0 Å². The maximum absolute atomic E-state index is 12.4. The molecule has 0 fully saturated rings. The zero-order valence-corrected chi connectivity index (χ0v) is 19.2. The normalized spacial score (nSPS) is 11.6. The Balaban J connectivity index is 1.80. The monoisotopic (exact) mass is 426 g/mol. The number of nitrogens with zero attached hydrogens (tertiary/aromatic N) is 2. The fourth-order valence-corrected chi connectivity index (χ4v) is 3.72. The summed E-state index contributed by atoms with van der Waals surface area (Å²) >= 11 is 0. The van der Waals surface area contributed by atoms with E-state index < -0.39 is 14.0 Å². The molecule has 0 aliphatic rings. The summed E-state index contributed by atoms with van der Waals surface area (Å²) in [5, 5.41) is 5.18. The number of ether oxygens (including phenoxy) is 3. The summed E-state index contributed by atoms with van der Waals surface area (Å²) in [6, 6.07) is 16.7. The van der Waals surface area contributed by atoms with Crippen molar-refractivity contribution in [3.05, 3.63) is 59.8 Å². The maximum Gasteiger partial charge on any atom is 0.359 e. The fourth-order valence-electron chi connectivity index (χ4n) is 2.97. The molecule has 0 aliphatic heterocycles. The van der Waals surface area contributed by atoms with Gasteiger partial charge in [0.15, 0.2) is 5.69 Å². The summed E-state index contributed by atoms with van der Waals surface area (Å²) in [7, 11) is -1.16. The van der Waals surface area contributed by atoms with E-state index in [1.807, 2.05) is 48.5 Å². The van der Waals surface area contributed by atoms with Crippen molar-refractivity contribution in [2.75, 3.05) is 13.2 Å². The number of benzene rings is 2. The van der Waals surface area contributed by atoms with Gasteiger partial charge in [-0.1, -0.05) is 50.0 Å². The number of esters is 1. The minimum atomic E-state index is -1.16. The van der Waals surface area contributed by atoms with Crippen molar-refractivity contribution in [2.45, 2.75) is 45.9 Å². The van der Waals surface area contributed by atoms with Crippen molar-refractivity contribution >= 4 is 24.9 Å². The molecule has 0 unspecified atom stereocenters. The third kappa shape index (κ3) is 5.93. The first kappa shape index (κ1) is 22.1. The molecule has 0 bridgehead atoms. The second kappa shape index (κ2) is 9.91. The lowest BCUT2D eigenvalue weighted by atomic mass is 10.2. The van der Waals surface area contributed by atoms with E-state index in [9.17, 15) is 4.79 Å². The Morgan fingerprint density at radius 2 is 1.87 bits per heavy atom. The highest BCUT2D eigenvalue weighted by Gasteiger charge is 2.19. The van der Waals surface area contributed by atoms with Crippen LogP contribution in [0.15, 0.2) is 48.5 Å². The summed E-state index contributed by atoms with van der Waals surface area (Å²) in [5.41, 5.74) is 2.18. The van der Waals surface area contributed by atoms with Gasteiger partial charge >= 0.3 is 5.97 Å². The SMILES string of the molecule is CCOC(=O)c1nn(COCC[Si](C)(C)C)c2ccc(OCc3ccccc3)cc12. The molecule has 0 amide bonds. The first-order valence-corrected chi connectivity index (χ1v) is 14.0. The quantitative estimate of drug-likeness (QED) is 0.256. The number of rotatable bonds is 10. The number of aromatic nitrogens is 2. The average Bonchev–Trinajstić information content (AvgIpc) is 3.08. The predicted octanol–water partition coefficient (Wildman–Crippen LogP) is 5.10. The summed E-state index contributed by atoms with van der Waals surface area (Å²) in [4.78, 5) is 12.4. The lowest BCUT2D eigenvalue weighted by Crippen LogP contribution is -2.22. The van der Waals surface area contributed by atoms with Gasteiger partial charge in [-0.3, -0.25) is 0 Å². The zero-order valence-electron chi connectivity index (χ0n) is 18.2. The van der Waals surface area contributed by atoms with Gasteiger partial charge < -0.3 is 14.2 Å². The van der Waals surface area contributed by atoms with Crippen LogP contribution >= 0.6 is 0 Å². The van der Waals surface area contributed by atoms with Crippen LogP contribution < -0.4 is 4.74 Å². The lowest BCUT2D eigenvalue weighted by Gasteiger charge is -2.15. The molecular formula is C23H30N2O4Si. The highest BCUT2D eigenvalue weighted by Crippen LogP contribution is 2.26. The molecule has 0 radical (unpaired) electrons. The average molecular weight is 427 g/mol. The second-order valence-corrected chi connectivity index (χ2v) is 14.0. The highest BCUT2D eigenvalue weighted by atomic mass is 28.3.